The van der Waals surface area contributed by atoms with Gasteiger partial charge in [0.05, 0.1) is 5.09 Å². The Morgan fingerprint density at radius 2 is 1.50 bits per heavy atom. The van der Waals surface area contributed by atoms with Gasteiger partial charge in [-0.15, -0.1) is 4.91 Å². The van der Waals surface area contributed by atoms with Crippen LogP contribution in [-0.4, -0.2) is 10.3 Å². The smallest absolute Gasteiger partial charge is 0.379 e. The monoisotopic (exact) mass is 148 g/mol. The second-order valence-electron chi connectivity index (χ2n) is 0.305. The van der Waals surface area contributed by atoms with Gasteiger partial charge in [-0.05, 0) is 0 Å². The van der Waals surface area contributed by atoms with Gasteiger partial charge in [-0.2, -0.15) is 0 Å². The van der Waals surface area contributed by atoms with Gasteiger partial charge in [0.15, 0.2) is 5.34 Å². The van der Waals surface area contributed by atoms with Crippen molar-refractivity contribution >= 4 is 0 Å². The molecule has 0 saturated carbocycles. The van der Waals surface area contributed by atoms with Crippen molar-refractivity contribution in [1.82, 2.24) is 0 Å². The van der Waals surface area contributed by atoms with Crippen molar-refractivity contribution in [1.29, 1.82) is 0 Å². The minimum atomic E-state index is -1.75. The van der Waals surface area contributed by atoms with Gasteiger partial charge in [0.1, 0.15) is 0 Å². The molecule has 0 heterocycles. The first-order valence-corrected chi connectivity index (χ1v) is 0.930. The van der Waals surface area contributed by atoms with Crippen LogP contribution in [0.15, 0.2) is 5.34 Å². The molecule has 0 radical (unpaired) electrons. The Labute approximate surface area is 86.1 Å². The van der Waals surface area contributed by atoms with E-state index in [4.69, 9.17) is 25.4 Å². The molecule has 0 aromatic heterocycles. The molecule has 0 aliphatic rings. The van der Waals surface area contributed by atoms with Crippen LogP contribution in [0, 0.1) is 20.2 Å². The molecule has 0 spiro atoms. The predicted octanol–water partition coefficient (Wildman–Crippen LogP) is -3.09. The molecule has 42 valence electrons. The van der Waals surface area contributed by atoms with Crippen LogP contribution in [0.3, 0.4) is 0 Å². The second-order valence-corrected chi connectivity index (χ2v) is 0.305. The van der Waals surface area contributed by atoms with Gasteiger partial charge >= 0.3 is 51.4 Å². The van der Waals surface area contributed by atoms with Crippen molar-refractivity contribution in [3.05, 3.63) is 20.2 Å². The van der Waals surface area contributed by atoms with Crippen molar-refractivity contribution in [2.45, 2.75) is 0 Å². The van der Waals surface area contributed by atoms with Crippen LogP contribution in [-0.2, 0) is 0 Å². The predicted molar refractivity (Wildman–Crippen MR) is 17.9 cm³/mol. The van der Waals surface area contributed by atoms with Crippen LogP contribution in [0.1, 0.15) is 0 Å². The van der Waals surface area contributed by atoms with E-state index in [1.165, 1.54) is 5.34 Å². The Hall–Kier alpha value is 0.236. The summed E-state index contributed by atoms with van der Waals surface area (Å²) in [4.78, 5) is 16.4. The fourth-order valence-corrected chi connectivity index (χ4v) is 0. The first-order valence-electron chi connectivity index (χ1n) is 0.930. The first kappa shape index (κ1) is 15.7. The maximum absolute atomic E-state index is 8.25. The van der Waals surface area contributed by atoms with Crippen LogP contribution < -0.4 is 51.4 Å². The zero-order valence-corrected chi connectivity index (χ0v) is 7.10. The Bertz CT molecular complexity index is 57.4. The van der Waals surface area contributed by atoms with Crippen molar-refractivity contribution in [3.63, 3.8) is 0 Å². The molecule has 1 N–H and O–H groups in total. The molecule has 0 aliphatic heterocycles. The van der Waals surface area contributed by atoms with E-state index < -0.39 is 5.09 Å². The SMILES string of the molecule is O=NO.O=[N+]([O-])[O-].[K+]. The summed E-state index contributed by atoms with van der Waals surface area (Å²) in [6, 6.07) is 0. The molecule has 0 aromatic carbocycles. The van der Waals surface area contributed by atoms with E-state index in [1.807, 2.05) is 0 Å². The molecule has 0 fully saturated rings. The molecule has 0 amide bonds. The van der Waals surface area contributed by atoms with Crippen molar-refractivity contribution < 1.29 is 61.7 Å². The summed E-state index contributed by atoms with van der Waals surface area (Å²) in [6.45, 7) is 0. The van der Waals surface area contributed by atoms with E-state index in [9.17, 15) is 0 Å². The summed E-state index contributed by atoms with van der Waals surface area (Å²) < 4.78 is 0. The summed E-state index contributed by atoms with van der Waals surface area (Å²) in [7, 11) is 0. The maximum atomic E-state index is 8.25. The Morgan fingerprint density at radius 1 is 1.50 bits per heavy atom. The molecule has 0 saturated heterocycles. The summed E-state index contributed by atoms with van der Waals surface area (Å²) >= 11 is 0. The zero-order chi connectivity index (χ0) is 6.28. The molecular formula is HKN2O5. The maximum Gasteiger partial charge on any atom is 1.00 e. The zero-order valence-electron chi connectivity index (χ0n) is 3.97. The first-order chi connectivity index (χ1) is 3.15. The van der Waals surface area contributed by atoms with Gasteiger partial charge in [-0.1, -0.05) is 0 Å². The van der Waals surface area contributed by atoms with Gasteiger partial charge in [0, 0.05) is 0 Å². The topological polar surface area (TPSA) is 116 Å². The van der Waals surface area contributed by atoms with E-state index in [2.05, 4.69) is 0 Å². The van der Waals surface area contributed by atoms with Crippen molar-refractivity contribution in [2.75, 3.05) is 0 Å². The number of nitrogens with zero attached hydrogens (tertiary/aromatic N) is 2. The van der Waals surface area contributed by atoms with Gasteiger partial charge in [0.25, 0.3) is 0 Å². The fourth-order valence-electron chi connectivity index (χ4n) is 0. The number of rotatable bonds is 0. The third kappa shape index (κ3) is 3060. The van der Waals surface area contributed by atoms with Crippen LogP contribution in [0.25, 0.3) is 0 Å². The van der Waals surface area contributed by atoms with Crippen LogP contribution in [0.2, 0.25) is 0 Å². The number of hydrogen-bond donors (Lipinski definition) is 1. The van der Waals surface area contributed by atoms with E-state index >= 15 is 0 Å². The van der Waals surface area contributed by atoms with Gasteiger partial charge in [-0.25, -0.2) is 0 Å². The average Bonchev–Trinajstić information content (AvgIpc) is 1.33. The Kier molecular flexibility index (Phi) is 30.8. The average molecular weight is 148 g/mol. The molecule has 8 heteroatoms. The van der Waals surface area contributed by atoms with Crippen LogP contribution in [0.5, 0.6) is 0 Å². The Balaban J connectivity index is -0.0000000575. The molecule has 7 nitrogen and oxygen atoms in total. The summed E-state index contributed by atoms with van der Waals surface area (Å²) in [5.74, 6) is 0. The minimum absolute atomic E-state index is 0. The van der Waals surface area contributed by atoms with Gasteiger partial charge < -0.3 is 20.5 Å². The fraction of sp³-hybridized carbons (Fsp3) is 0. The minimum Gasteiger partial charge on any atom is -0.379 e. The normalized spacial score (nSPS) is 4.50. The summed E-state index contributed by atoms with van der Waals surface area (Å²) in [5.41, 5.74) is 0. The molecule has 8 heavy (non-hydrogen) atoms. The summed E-state index contributed by atoms with van der Waals surface area (Å²) in [5, 5.41) is 22.6. The Morgan fingerprint density at radius 3 is 1.50 bits per heavy atom. The van der Waals surface area contributed by atoms with Gasteiger partial charge in [-0.3, -0.25) is 0 Å². The molecule has 0 aliphatic carbocycles. The molecule has 0 atom stereocenters. The van der Waals surface area contributed by atoms with Crippen LogP contribution >= 0.6 is 0 Å². The molecule has 0 unspecified atom stereocenters. The number of hydrogen-bond acceptors (Lipinski definition) is 5. The molecule has 0 aromatic rings. The second kappa shape index (κ2) is 15.7. The molecular weight excluding hydrogens is 147 g/mol. The standard InChI is InChI=1S/K.NO3.HNO2/c;2-1(3)4;2-1-3/h;;(H,2,3)/q+1;-1;. The van der Waals surface area contributed by atoms with E-state index in [-0.39, 0.29) is 51.4 Å². The van der Waals surface area contributed by atoms with Crippen LogP contribution in [0.4, 0.5) is 0 Å². The van der Waals surface area contributed by atoms with Gasteiger partial charge in [0.2, 0.25) is 0 Å². The van der Waals surface area contributed by atoms with E-state index in [0.717, 1.165) is 0 Å². The van der Waals surface area contributed by atoms with Crippen molar-refractivity contribution in [2.24, 2.45) is 5.34 Å². The van der Waals surface area contributed by atoms with E-state index in [1.54, 1.807) is 0 Å². The summed E-state index contributed by atoms with van der Waals surface area (Å²) in [6.07, 6.45) is 0. The molecule has 0 rings (SSSR count). The third-order valence-electron chi connectivity index (χ3n) is 0. The van der Waals surface area contributed by atoms with Crippen molar-refractivity contribution in [3.8, 4) is 0 Å². The van der Waals surface area contributed by atoms with E-state index in [0.29, 0.717) is 0 Å². The largest absolute Gasteiger partial charge is 1.00 e. The third-order valence-corrected chi connectivity index (χ3v) is 0. The quantitative estimate of drug-likeness (QED) is 0.169. The molecule has 0 bridgehead atoms.